The third-order valence-corrected chi connectivity index (χ3v) is 6.36. The van der Waals surface area contributed by atoms with Crippen molar-refractivity contribution in [2.24, 2.45) is 5.92 Å². The minimum absolute atomic E-state index is 0.108. The molecular formula is C24H37N5O2S. The van der Waals surface area contributed by atoms with Crippen molar-refractivity contribution in [3.05, 3.63) is 23.7 Å². The van der Waals surface area contributed by atoms with E-state index in [1.807, 2.05) is 6.20 Å². The van der Waals surface area contributed by atoms with E-state index < -0.39 is 0 Å². The summed E-state index contributed by atoms with van der Waals surface area (Å²) >= 11 is 1.37. The second kappa shape index (κ2) is 11.2. The van der Waals surface area contributed by atoms with Gasteiger partial charge in [-0.1, -0.05) is 34.6 Å². The Hall–Kier alpha value is -2.06. The van der Waals surface area contributed by atoms with E-state index in [9.17, 15) is 4.79 Å². The van der Waals surface area contributed by atoms with Gasteiger partial charge in [-0.05, 0) is 43.2 Å². The van der Waals surface area contributed by atoms with Crippen LogP contribution in [0.2, 0.25) is 0 Å². The molecule has 2 aromatic heterocycles. The van der Waals surface area contributed by atoms with E-state index in [1.165, 1.54) is 11.5 Å². The largest absolute Gasteiger partial charge is 0.381 e. The number of hydrogen-bond donors (Lipinski definition) is 1. The predicted octanol–water partition coefficient (Wildman–Crippen LogP) is 5.52. The van der Waals surface area contributed by atoms with Crippen molar-refractivity contribution in [2.45, 2.75) is 78.7 Å². The van der Waals surface area contributed by atoms with Crippen LogP contribution in [0, 0.1) is 5.92 Å². The number of hydrogen-bond acceptors (Lipinski definition) is 8. The summed E-state index contributed by atoms with van der Waals surface area (Å²) < 4.78 is 10.1. The van der Waals surface area contributed by atoms with E-state index >= 15 is 0 Å². The summed E-state index contributed by atoms with van der Waals surface area (Å²) in [7, 11) is 0. The van der Waals surface area contributed by atoms with Crippen LogP contribution in [0.25, 0.3) is 0 Å². The molecular weight excluding hydrogens is 422 g/mol. The molecule has 0 unspecified atom stereocenters. The fourth-order valence-corrected chi connectivity index (χ4v) is 4.77. The van der Waals surface area contributed by atoms with Crippen molar-refractivity contribution >= 4 is 34.0 Å². The number of nitrogens with one attached hydrogen (secondary N) is 1. The van der Waals surface area contributed by atoms with E-state index in [0.717, 1.165) is 60.6 Å². The van der Waals surface area contributed by atoms with Crippen LogP contribution >= 0.6 is 11.5 Å². The summed E-state index contributed by atoms with van der Waals surface area (Å²) in [6.07, 6.45) is 4.42. The third-order valence-electron chi connectivity index (χ3n) is 5.72. The van der Waals surface area contributed by atoms with Gasteiger partial charge in [-0.15, -0.1) is 0 Å². The number of ether oxygens (including phenoxy) is 1. The topological polar surface area (TPSA) is 80.2 Å². The summed E-state index contributed by atoms with van der Waals surface area (Å²) in [6, 6.07) is 2.53. The van der Waals surface area contributed by atoms with Crippen LogP contribution in [0.5, 0.6) is 0 Å². The number of rotatable bonds is 10. The molecule has 1 fully saturated rings. The van der Waals surface area contributed by atoms with Crippen molar-refractivity contribution < 1.29 is 9.53 Å². The Morgan fingerprint density at radius 2 is 1.97 bits per heavy atom. The maximum absolute atomic E-state index is 11.7. The number of Topliss-reactive ketones (excluding diaryl/α,β-unsaturated/α-hetero) is 1. The molecule has 3 rings (SSSR count). The highest BCUT2D eigenvalue weighted by molar-refractivity contribution is 7.09. The number of aromatic nitrogens is 3. The average molecular weight is 460 g/mol. The Labute approximate surface area is 196 Å². The van der Waals surface area contributed by atoms with Crippen LogP contribution in [0.15, 0.2) is 12.3 Å². The molecule has 32 heavy (non-hydrogen) atoms. The molecule has 176 valence electrons. The molecule has 1 aliphatic heterocycles. The first kappa shape index (κ1) is 24.6. The second-order valence-corrected chi connectivity index (χ2v) is 10.3. The summed E-state index contributed by atoms with van der Waals surface area (Å²) in [4.78, 5) is 23.7. The number of carbonyl (C=O) groups excluding carboxylic acids is 1. The summed E-state index contributed by atoms with van der Waals surface area (Å²) in [5.41, 5.74) is 1.98. The minimum Gasteiger partial charge on any atom is -0.381 e. The van der Waals surface area contributed by atoms with E-state index in [1.54, 1.807) is 6.92 Å². The SMILES string of the molecule is CC(=O)C[C@@H](C)c1cnc(N(CC(C)C)C2CCOCC2)c(Nc2nc(C(C)C)ns2)c1. The van der Waals surface area contributed by atoms with Gasteiger partial charge in [0.25, 0.3) is 0 Å². The number of nitrogens with zero attached hydrogens (tertiary/aromatic N) is 4. The van der Waals surface area contributed by atoms with Gasteiger partial charge in [-0.2, -0.15) is 4.37 Å². The predicted molar refractivity (Wildman–Crippen MR) is 131 cm³/mol. The molecule has 0 aliphatic carbocycles. The van der Waals surface area contributed by atoms with Gasteiger partial charge < -0.3 is 19.7 Å². The number of anilines is 3. The molecule has 0 amide bonds. The third kappa shape index (κ3) is 6.48. The number of pyridine rings is 1. The van der Waals surface area contributed by atoms with Gasteiger partial charge >= 0.3 is 0 Å². The first-order valence-corrected chi connectivity index (χ1v) is 12.5. The molecule has 8 heteroatoms. The van der Waals surface area contributed by atoms with E-state index in [4.69, 9.17) is 9.72 Å². The molecule has 1 atom stereocenters. The lowest BCUT2D eigenvalue weighted by Gasteiger charge is -2.37. The van der Waals surface area contributed by atoms with Crippen molar-refractivity contribution in [1.82, 2.24) is 14.3 Å². The maximum Gasteiger partial charge on any atom is 0.207 e. The summed E-state index contributed by atoms with van der Waals surface area (Å²) in [5.74, 6) is 2.85. The normalized spacial score (nSPS) is 15.9. The highest BCUT2D eigenvalue weighted by atomic mass is 32.1. The van der Waals surface area contributed by atoms with Crippen molar-refractivity contribution in [1.29, 1.82) is 0 Å². The Balaban J connectivity index is 2.00. The molecule has 0 bridgehead atoms. The lowest BCUT2D eigenvalue weighted by Crippen LogP contribution is -2.42. The smallest absolute Gasteiger partial charge is 0.207 e. The molecule has 2 aromatic rings. The highest BCUT2D eigenvalue weighted by Crippen LogP contribution is 2.35. The van der Waals surface area contributed by atoms with Gasteiger partial charge in [-0.25, -0.2) is 9.97 Å². The van der Waals surface area contributed by atoms with E-state index in [2.05, 4.69) is 60.3 Å². The average Bonchev–Trinajstić information content (AvgIpc) is 3.21. The van der Waals surface area contributed by atoms with Gasteiger partial charge in [0.2, 0.25) is 5.13 Å². The van der Waals surface area contributed by atoms with Crippen molar-refractivity contribution in [3.8, 4) is 0 Å². The molecule has 1 saturated heterocycles. The van der Waals surface area contributed by atoms with Crippen LogP contribution in [0.4, 0.5) is 16.6 Å². The summed E-state index contributed by atoms with van der Waals surface area (Å²) in [5, 5.41) is 4.28. The molecule has 0 radical (unpaired) electrons. The van der Waals surface area contributed by atoms with Crippen LogP contribution in [-0.4, -0.2) is 45.9 Å². The Bertz CT molecular complexity index is 892. The van der Waals surface area contributed by atoms with Gasteiger partial charge in [0, 0.05) is 55.9 Å². The van der Waals surface area contributed by atoms with Gasteiger partial charge in [0.15, 0.2) is 5.82 Å². The quantitative estimate of drug-likeness (QED) is 0.501. The first-order chi connectivity index (χ1) is 15.2. The number of ketones is 1. The molecule has 3 heterocycles. The van der Waals surface area contributed by atoms with E-state index in [0.29, 0.717) is 18.4 Å². The zero-order valence-electron chi connectivity index (χ0n) is 20.2. The molecule has 0 saturated carbocycles. The van der Waals surface area contributed by atoms with Crippen LogP contribution in [-0.2, 0) is 9.53 Å². The van der Waals surface area contributed by atoms with Gasteiger partial charge in [0.1, 0.15) is 11.6 Å². The molecule has 1 N–H and O–H groups in total. The molecule has 1 aliphatic rings. The number of carbonyl (C=O) groups is 1. The zero-order chi connectivity index (χ0) is 23.3. The van der Waals surface area contributed by atoms with Crippen LogP contribution in [0.1, 0.15) is 84.0 Å². The van der Waals surface area contributed by atoms with Crippen molar-refractivity contribution in [2.75, 3.05) is 30.0 Å². The Morgan fingerprint density at radius 3 is 2.56 bits per heavy atom. The lowest BCUT2D eigenvalue weighted by molar-refractivity contribution is -0.117. The minimum atomic E-state index is 0.108. The second-order valence-electron chi connectivity index (χ2n) is 9.57. The fourth-order valence-electron chi connectivity index (χ4n) is 4.05. The summed E-state index contributed by atoms with van der Waals surface area (Å²) in [6.45, 7) is 14.9. The zero-order valence-corrected chi connectivity index (χ0v) is 21.0. The van der Waals surface area contributed by atoms with Crippen LogP contribution in [0.3, 0.4) is 0 Å². The molecule has 0 spiro atoms. The maximum atomic E-state index is 11.7. The fraction of sp³-hybridized carbons (Fsp3) is 0.667. The standard InChI is InChI=1S/C24H37N5O2S/c1-15(2)14-29(20-7-9-31-10-8-20)23-21(26-24-27-22(16(3)4)28-32-24)12-19(13-25-23)17(5)11-18(6)30/h12-13,15-17,20H,7-11,14H2,1-6H3,(H,26,27,28)/t17-/m1/s1. The van der Waals surface area contributed by atoms with Crippen LogP contribution < -0.4 is 10.2 Å². The Morgan fingerprint density at radius 1 is 1.25 bits per heavy atom. The molecule has 0 aromatic carbocycles. The first-order valence-electron chi connectivity index (χ1n) is 11.7. The Kier molecular flexibility index (Phi) is 8.59. The van der Waals surface area contributed by atoms with Gasteiger partial charge in [-0.3, -0.25) is 0 Å². The highest BCUT2D eigenvalue weighted by Gasteiger charge is 2.26. The van der Waals surface area contributed by atoms with Crippen molar-refractivity contribution in [3.63, 3.8) is 0 Å². The lowest BCUT2D eigenvalue weighted by atomic mass is 9.97. The monoisotopic (exact) mass is 459 g/mol. The van der Waals surface area contributed by atoms with E-state index in [-0.39, 0.29) is 17.6 Å². The molecule has 7 nitrogen and oxygen atoms in total. The van der Waals surface area contributed by atoms with Gasteiger partial charge in [0.05, 0.1) is 5.69 Å².